The molecule has 0 aliphatic rings. The van der Waals surface area contributed by atoms with E-state index < -0.39 is 0 Å². The lowest BCUT2D eigenvalue weighted by Gasteiger charge is -2.01. The van der Waals surface area contributed by atoms with Crippen molar-refractivity contribution in [3.05, 3.63) is 35.2 Å². The van der Waals surface area contributed by atoms with Gasteiger partial charge in [-0.1, -0.05) is 24.3 Å². The van der Waals surface area contributed by atoms with E-state index in [0.717, 1.165) is 16.4 Å². The van der Waals surface area contributed by atoms with Gasteiger partial charge in [0.1, 0.15) is 0 Å². The molecule has 0 fully saturated rings. The van der Waals surface area contributed by atoms with E-state index >= 15 is 0 Å². The van der Waals surface area contributed by atoms with Crippen LogP contribution < -0.4 is 5.32 Å². The summed E-state index contributed by atoms with van der Waals surface area (Å²) in [4.78, 5) is 4.48. The first-order chi connectivity index (χ1) is 7.81. The third kappa shape index (κ3) is 2.40. The molecule has 16 heavy (non-hydrogen) atoms. The average Bonchev–Trinajstić information content (AvgIpc) is 2.75. The molecule has 1 aromatic carbocycles. The number of anilines is 1. The standard InChI is InChI=1S/C12H14N2OS/c1-9-4-2-3-5-10(9)11-8-16-12(14-11)13-6-7-15/h2-5,8,15H,6-7H2,1H3,(H,13,14). The third-order valence-electron chi connectivity index (χ3n) is 2.31. The molecule has 2 N–H and O–H groups in total. The van der Waals surface area contributed by atoms with Crippen LogP contribution in [0, 0.1) is 6.92 Å². The minimum absolute atomic E-state index is 0.124. The van der Waals surface area contributed by atoms with E-state index in [1.54, 1.807) is 11.3 Å². The van der Waals surface area contributed by atoms with Gasteiger partial charge in [-0.3, -0.25) is 0 Å². The fraction of sp³-hybridized carbons (Fsp3) is 0.250. The van der Waals surface area contributed by atoms with Crippen molar-refractivity contribution < 1.29 is 5.11 Å². The molecule has 84 valence electrons. The molecule has 0 amide bonds. The maximum atomic E-state index is 8.71. The summed E-state index contributed by atoms with van der Waals surface area (Å²) >= 11 is 1.56. The lowest BCUT2D eigenvalue weighted by atomic mass is 10.1. The van der Waals surface area contributed by atoms with Crippen molar-refractivity contribution >= 4 is 16.5 Å². The van der Waals surface area contributed by atoms with Crippen LogP contribution in [0.4, 0.5) is 5.13 Å². The highest BCUT2D eigenvalue weighted by molar-refractivity contribution is 7.14. The Morgan fingerprint density at radius 3 is 2.94 bits per heavy atom. The molecule has 3 nitrogen and oxygen atoms in total. The normalized spacial score (nSPS) is 10.4. The number of thiazole rings is 1. The summed E-state index contributed by atoms with van der Waals surface area (Å²) in [6.07, 6.45) is 0. The van der Waals surface area contributed by atoms with Crippen LogP contribution in [0.1, 0.15) is 5.56 Å². The van der Waals surface area contributed by atoms with Crippen molar-refractivity contribution in [3.8, 4) is 11.3 Å². The van der Waals surface area contributed by atoms with E-state index in [2.05, 4.69) is 29.4 Å². The van der Waals surface area contributed by atoms with Gasteiger partial charge in [-0.15, -0.1) is 11.3 Å². The van der Waals surface area contributed by atoms with Gasteiger partial charge in [0.15, 0.2) is 5.13 Å². The second-order valence-electron chi connectivity index (χ2n) is 3.50. The minimum atomic E-state index is 0.124. The van der Waals surface area contributed by atoms with Crippen molar-refractivity contribution in [1.29, 1.82) is 0 Å². The van der Waals surface area contributed by atoms with E-state index in [1.165, 1.54) is 5.56 Å². The number of hydrogen-bond donors (Lipinski definition) is 2. The summed E-state index contributed by atoms with van der Waals surface area (Å²) in [5, 5.41) is 14.7. The number of aliphatic hydroxyl groups is 1. The topological polar surface area (TPSA) is 45.1 Å². The van der Waals surface area contributed by atoms with Crippen LogP contribution in [0.15, 0.2) is 29.6 Å². The molecule has 0 aliphatic carbocycles. The van der Waals surface area contributed by atoms with Crippen LogP contribution in [0.3, 0.4) is 0 Å². The Labute approximate surface area is 98.8 Å². The predicted molar refractivity (Wildman–Crippen MR) is 67.9 cm³/mol. The van der Waals surface area contributed by atoms with E-state index in [9.17, 15) is 0 Å². The Balaban J connectivity index is 2.22. The zero-order valence-electron chi connectivity index (χ0n) is 9.10. The van der Waals surface area contributed by atoms with Crippen molar-refractivity contribution in [2.45, 2.75) is 6.92 Å². The number of hydrogen-bond acceptors (Lipinski definition) is 4. The molecule has 0 spiro atoms. The molecule has 0 unspecified atom stereocenters. The quantitative estimate of drug-likeness (QED) is 0.854. The predicted octanol–water partition coefficient (Wildman–Crippen LogP) is 2.52. The van der Waals surface area contributed by atoms with Crippen molar-refractivity contribution in [1.82, 2.24) is 4.98 Å². The molecule has 0 saturated heterocycles. The van der Waals surface area contributed by atoms with E-state index in [0.29, 0.717) is 6.54 Å². The van der Waals surface area contributed by atoms with Crippen LogP contribution in [-0.2, 0) is 0 Å². The minimum Gasteiger partial charge on any atom is -0.395 e. The van der Waals surface area contributed by atoms with Crippen LogP contribution in [0.25, 0.3) is 11.3 Å². The Morgan fingerprint density at radius 2 is 2.19 bits per heavy atom. The highest BCUT2D eigenvalue weighted by Crippen LogP contribution is 2.26. The maximum Gasteiger partial charge on any atom is 0.183 e. The summed E-state index contributed by atoms with van der Waals surface area (Å²) < 4.78 is 0. The van der Waals surface area contributed by atoms with Crippen molar-refractivity contribution in [2.75, 3.05) is 18.5 Å². The molecule has 0 aliphatic heterocycles. The number of rotatable bonds is 4. The first kappa shape index (κ1) is 11.1. The van der Waals surface area contributed by atoms with Gasteiger partial charge >= 0.3 is 0 Å². The molecule has 0 bridgehead atoms. The number of aliphatic hydroxyl groups excluding tert-OH is 1. The largest absolute Gasteiger partial charge is 0.395 e. The number of benzene rings is 1. The zero-order chi connectivity index (χ0) is 11.4. The Bertz CT molecular complexity index is 468. The number of aryl methyl sites for hydroxylation is 1. The van der Waals surface area contributed by atoms with Gasteiger partial charge in [0.05, 0.1) is 12.3 Å². The second-order valence-corrected chi connectivity index (χ2v) is 4.36. The summed E-state index contributed by atoms with van der Waals surface area (Å²) in [7, 11) is 0. The molecule has 0 saturated carbocycles. The second kappa shape index (κ2) is 5.09. The molecule has 1 heterocycles. The smallest absolute Gasteiger partial charge is 0.183 e. The van der Waals surface area contributed by atoms with Crippen molar-refractivity contribution in [2.24, 2.45) is 0 Å². The van der Waals surface area contributed by atoms with Crippen LogP contribution in [-0.4, -0.2) is 23.2 Å². The van der Waals surface area contributed by atoms with E-state index in [1.807, 2.05) is 17.5 Å². The fourth-order valence-electron chi connectivity index (χ4n) is 1.50. The lowest BCUT2D eigenvalue weighted by Crippen LogP contribution is -2.04. The van der Waals surface area contributed by atoms with Gasteiger partial charge in [-0.2, -0.15) is 0 Å². The van der Waals surface area contributed by atoms with Gasteiger partial charge < -0.3 is 10.4 Å². The molecular formula is C12H14N2OS. The molecular weight excluding hydrogens is 220 g/mol. The van der Waals surface area contributed by atoms with Gasteiger partial charge in [-0.25, -0.2) is 4.98 Å². The lowest BCUT2D eigenvalue weighted by molar-refractivity contribution is 0.311. The Kier molecular flexibility index (Phi) is 3.54. The molecule has 2 aromatic rings. The SMILES string of the molecule is Cc1ccccc1-c1csc(NCCO)n1. The fourth-order valence-corrected chi connectivity index (χ4v) is 2.24. The van der Waals surface area contributed by atoms with Crippen molar-refractivity contribution in [3.63, 3.8) is 0 Å². The Hall–Kier alpha value is -1.39. The summed E-state index contributed by atoms with van der Waals surface area (Å²) in [6.45, 7) is 2.75. The number of nitrogens with one attached hydrogen (secondary N) is 1. The molecule has 0 atom stereocenters. The van der Waals surface area contributed by atoms with Gasteiger partial charge in [0.25, 0.3) is 0 Å². The average molecular weight is 234 g/mol. The van der Waals surface area contributed by atoms with Gasteiger partial charge in [-0.05, 0) is 12.5 Å². The van der Waals surface area contributed by atoms with E-state index in [4.69, 9.17) is 5.11 Å². The van der Waals surface area contributed by atoms with E-state index in [-0.39, 0.29) is 6.61 Å². The monoisotopic (exact) mass is 234 g/mol. The summed E-state index contributed by atoms with van der Waals surface area (Å²) in [5.74, 6) is 0. The maximum absolute atomic E-state index is 8.71. The third-order valence-corrected chi connectivity index (χ3v) is 3.11. The molecule has 2 rings (SSSR count). The van der Waals surface area contributed by atoms with Crippen LogP contribution in [0.2, 0.25) is 0 Å². The number of aromatic nitrogens is 1. The zero-order valence-corrected chi connectivity index (χ0v) is 9.92. The highest BCUT2D eigenvalue weighted by Gasteiger charge is 2.05. The first-order valence-corrected chi connectivity index (χ1v) is 6.05. The van der Waals surface area contributed by atoms with Crippen LogP contribution >= 0.6 is 11.3 Å². The van der Waals surface area contributed by atoms with Gasteiger partial charge in [0.2, 0.25) is 0 Å². The highest BCUT2D eigenvalue weighted by atomic mass is 32.1. The number of nitrogens with zero attached hydrogens (tertiary/aromatic N) is 1. The summed E-state index contributed by atoms with van der Waals surface area (Å²) in [6, 6.07) is 8.19. The first-order valence-electron chi connectivity index (χ1n) is 5.17. The van der Waals surface area contributed by atoms with Crippen LogP contribution in [0.5, 0.6) is 0 Å². The Morgan fingerprint density at radius 1 is 1.38 bits per heavy atom. The van der Waals surface area contributed by atoms with Gasteiger partial charge in [0, 0.05) is 17.5 Å². The molecule has 0 radical (unpaired) electrons. The molecule has 1 aromatic heterocycles. The molecule has 4 heteroatoms. The summed E-state index contributed by atoms with van der Waals surface area (Å²) in [5.41, 5.74) is 3.38.